The Balaban J connectivity index is 1.78. The molecule has 2 saturated heterocycles. The number of carbonyl (C=O) groups is 1. The van der Waals surface area contributed by atoms with Crippen molar-refractivity contribution < 1.29 is 9.53 Å². The summed E-state index contributed by atoms with van der Waals surface area (Å²) >= 11 is 0. The monoisotopic (exact) mass is 247 g/mol. The summed E-state index contributed by atoms with van der Waals surface area (Å²) in [5.74, 6) is 0.535. The first kappa shape index (κ1) is 11.5. The van der Waals surface area contributed by atoms with E-state index in [9.17, 15) is 4.79 Å². The molecule has 0 unspecified atom stereocenters. The summed E-state index contributed by atoms with van der Waals surface area (Å²) in [6, 6.07) is 3.83. The first-order chi connectivity index (χ1) is 8.78. The van der Waals surface area contributed by atoms with Gasteiger partial charge in [-0.1, -0.05) is 0 Å². The van der Waals surface area contributed by atoms with Gasteiger partial charge in [0, 0.05) is 13.2 Å². The summed E-state index contributed by atoms with van der Waals surface area (Å²) in [4.78, 5) is 16.0. The van der Waals surface area contributed by atoms with Gasteiger partial charge in [0.15, 0.2) is 0 Å². The van der Waals surface area contributed by atoms with Crippen LogP contribution in [0.1, 0.15) is 29.6 Å². The molecule has 2 fully saturated rings. The Hall–Kier alpha value is -1.62. The van der Waals surface area contributed by atoms with Crippen molar-refractivity contribution in [2.24, 2.45) is 0 Å². The molecule has 1 amide bonds. The molecule has 3 rings (SSSR count). The quantitative estimate of drug-likeness (QED) is 0.841. The van der Waals surface area contributed by atoms with E-state index < -0.39 is 0 Å². The maximum atomic E-state index is 11.7. The Kier molecular flexibility index (Phi) is 2.91. The minimum Gasteiger partial charge on any atom is -0.373 e. The second-order valence-corrected chi connectivity index (χ2v) is 4.84. The zero-order valence-corrected chi connectivity index (χ0v) is 10.3. The Morgan fingerprint density at radius 2 is 2.39 bits per heavy atom. The van der Waals surface area contributed by atoms with Gasteiger partial charge >= 0.3 is 0 Å². The SMILES string of the molecule is CNC(=O)c1cccnc1N[C@@H]1C[C@H]2CC[C@H]1O2. The number of hydrogen-bond acceptors (Lipinski definition) is 4. The fourth-order valence-corrected chi connectivity index (χ4v) is 2.80. The number of rotatable bonds is 3. The first-order valence-corrected chi connectivity index (χ1v) is 6.37. The average molecular weight is 247 g/mol. The van der Waals surface area contributed by atoms with E-state index in [0.29, 0.717) is 17.5 Å². The topological polar surface area (TPSA) is 63.2 Å². The molecular formula is C13H17N3O2. The van der Waals surface area contributed by atoms with Gasteiger partial charge < -0.3 is 15.4 Å². The number of anilines is 1. The van der Waals surface area contributed by atoms with E-state index in [4.69, 9.17) is 4.74 Å². The van der Waals surface area contributed by atoms with Gasteiger partial charge in [-0.15, -0.1) is 0 Å². The highest BCUT2D eigenvalue weighted by Gasteiger charge is 2.41. The van der Waals surface area contributed by atoms with Crippen molar-refractivity contribution in [3.63, 3.8) is 0 Å². The molecule has 0 aliphatic carbocycles. The number of amides is 1. The summed E-state index contributed by atoms with van der Waals surface area (Å²) in [6.07, 6.45) is 5.63. The van der Waals surface area contributed by atoms with Crippen LogP contribution in [0.25, 0.3) is 0 Å². The summed E-state index contributed by atoms with van der Waals surface area (Å²) in [7, 11) is 1.62. The van der Waals surface area contributed by atoms with E-state index in [2.05, 4.69) is 15.6 Å². The van der Waals surface area contributed by atoms with Gasteiger partial charge in [-0.05, 0) is 31.4 Å². The molecule has 3 heterocycles. The molecule has 2 aliphatic heterocycles. The van der Waals surface area contributed by atoms with E-state index in [0.717, 1.165) is 19.3 Å². The minimum atomic E-state index is -0.116. The van der Waals surface area contributed by atoms with Gasteiger partial charge in [-0.25, -0.2) is 4.98 Å². The largest absolute Gasteiger partial charge is 0.373 e. The minimum absolute atomic E-state index is 0.116. The number of nitrogens with one attached hydrogen (secondary N) is 2. The first-order valence-electron chi connectivity index (χ1n) is 6.37. The lowest BCUT2D eigenvalue weighted by atomic mass is 9.95. The number of nitrogens with zero attached hydrogens (tertiary/aromatic N) is 1. The standard InChI is InChI=1S/C13H17N3O2/c1-14-13(17)9-3-2-6-15-12(9)16-10-7-8-4-5-11(10)18-8/h2-3,6,8,10-11H,4-5,7H2,1H3,(H,14,17)(H,15,16)/t8-,10-,11-/m1/s1. The molecule has 0 spiro atoms. The third-order valence-corrected chi connectivity index (χ3v) is 3.71. The fourth-order valence-electron chi connectivity index (χ4n) is 2.80. The highest BCUT2D eigenvalue weighted by Crippen LogP contribution is 2.36. The molecule has 2 bridgehead atoms. The van der Waals surface area contributed by atoms with Crippen molar-refractivity contribution in [3.05, 3.63) is 23.9 Å². The molecule has 5 nitrogen and oxygen atoms in total. The smallest absolute Gasteiger partial charge is 0.254 e. The van der Waals surface area contributed by atoms with Crippen LogP contribution in [0.4, 0.5) is 5.82 Å². The lowest BCUT2D eigenvalue weighted by Gasteiger charge is -2.21. The second kappa shape index (κ2) is 4.57. The van der Waals surface area contributed by atoms with E-state index >= 15 is 0 Å². The molecule has 1 aromatic rings. The molecule has 3 atom stereocenters. The van der Waals surface area contributed by atoms with Crippen molar-refractivity contribution >= 4 is 11.7 Å². The van der Waals surface area contributed by atoms with Gasteiger partial charge in [0.1, 0.15) is 5.82 Å². The maximum Gasteiger partial charge on any atom is 0.254 e. The van der Waals surface area contributed by atoms with E-state index in [1.807, 2.05) is 0 Å². The van der Waals surface area contributed by atoms with Gasteiger partial charge in [0.2, 0.25) is 0 Å². The lowest BCUT2D eigenvalue weighted by molar-refractivity contribution is 0.0962. The zero-order chi connectivity index (χ0) is 12.5. The Morgan fingerprint density at radius 3 is 3.06 bits per heavy atom. The zero-order valence-electron chi connectivity index (χ0n) is 10.3. The molecule has 0 radical (unpaired) electrons. The van der Waals surface area contributed by atoms with E-state index in [1.165, 1.54) is 0 Å². The van der Waals surface area contributed by atoms with Gasteiger partial charge in [-0.2, -0.15) is 0 Å². The summed E-state index contributed by atoms with van der Waals surface area (Å²) in [5, 5.41) is 5.99. The highest BCUT2D eigenvalue weighted by atomic mass is 16.5. The lowest BCUT2D eigenvalue weighted by Crippen LogP contribution is -2.32. The van der Waals surface area contributed by atoms with Crippen molar-refractivity contribution in [3.8, 4) is 0 Å². The van der Waals surface area contributed by atoms with Crippen LogP contribution in [0.2, 0.25) is 0 Å². The predicted octanol–water partition coefficient (Wildman–Crippen LogP) is 1.17. The van der Waals surface area contributed by atoms with Crippen molar-refractivity contribution in [2.75, 3.05) is 12.4 Å². The number of ether oxygens (including phenoxy) is 1. The van der Waals surface area contributed by atoms with Crippen molar-refractivity contribution in [1.29, 1.82) is 0 Å². The summed E-state index contributed by atoms with van der Waals surface area (Å²) in [6.45, 7) is 0. The normalized spacial score (nSPS) is 29.3. The number of pyridine rings is 1. The molecule has 18 heavy (non-hydrogen) atoms. The molecule has 0 aromatic carbocycles. The predicted molar refractivity (Wildman–Crippen MR) is 67.5 cm³/mol. The number of carbonyl (C=O) groups excluding carboxylic acids is 1. The van der Waals surface area contributed by atoms with Crippen LogP contribution in [-0.4, -0.2) is 36.2 Å². The molecule has 1 aromatic heterocycles. The molecule has 0 saturated carbocycles. The van der Waals surface area contributed by atoms with Crippen LogP contribution in [-0.2, 0) is 4.74 Å². The molecule has 2 N–H and O–H groups in total. The van der Waals surface area contributed by atoms with Gasteiger partial charge in [0.05, 0.1) is 23.8 Å². The van der Waals surface area contributed by atoms with Crippen LogP contribution in [0.3, 0.4) is 0 Å². The van der Waals surface area contributed by atoms with Crippen LogP contribution < -0.4 is 10.6 Å². The van der Waals surface area contributed by atoms with Crippen molar-refractivity contribution in [1.82, 2.24) is 10.3 Å². The third-order valence-electron chi connectivity index (χ3n) is 3.71. The van der Waals surface area contributed by atoms with Crippen molar-refractivity contribution in [2.45, 2.75) is 37.5 Å². The Morgan fingerprint density at radius 1 is 1.50 bits per heavy atom. The maximum absolute atomic E-state index is 11.7. The molecule has 5 heteroatoms. The van der Waals surface area contributed by atoms with Crippen LogP contribution in [0, 0.1) is 0 Å². The third kappa shape index (κ3) is 1.95. The highest BCUT2D eigenvalue weighted by molar-refractivity contribution is 5.98. The van der Waals surface area contributed by atoms with Gasteiger partial charge in [0.25, 0.3) is 5.91 Å². The summed E-state index contributed by atoms with van der Waals surface area (Å²) in [5.41, 5.74) is 0.586. The number of aromatic nitrogens is 1. The molecular weight excluding hydrogens is 230 g/mol. The van der Waals surface area contributed by atoms with Crippen LogP contribution in [0.15, 0.2) is 18.3 Å². The fraction of sp³-hybridized carbons (Fsp3) is 0.538. The van der Waals surface area contributed by atoms with Gasteiger partial charge in [-0.3, -0.25) is 4.79 Å². The van der Waals surface area contributed by atoms with Crippen LogP contribution >= 0.6 is 0 Å². The molecule has 96 valence electrons. The Labute approximate surface area is 106 Å². The van der Waals surface area contributed by atoms with E-state index in [-0.39, 0.29) is 18.1 Å². The Bertz CT molecular complexity index is 463. The second-order valence-electron chi connectivity index (χ2n) is 4.84. The van der Waals surface area contributed by atoms with Crippen LogP contribution in [0.5, 0.6) is 0 Å². The number of fused-ring (bicyclic) bond motifs is 2. The average Bonchev–Trinajstić information content (AvgIpc) is 3.01. The van der Waals surface area contributed by atoms with E-state index in [1.54, 1.807) is 25.4 Å². The summed E-state index contributed by atoms with van der Waals surface area (Å²) < 4.78 is 5.79. The molecule has 2 aliphatic rings. The number of hydrogen-bond donors (Lipinski definition) is 2.